The minimum atomic E-state index is 0.366. The Bertz CT molecular complexity index is 785. The molecule has 4 nitrogen and oxygen atoms in total. The molecule has 21 heavy (non-hydrogen) atoms. The molecular formula is C17H13NO3. The molecule has 0 spiro atoms. The normalized spacial score (nSPS) is 10.5. The van der Waals surface area contributed by atoms with Gasteiger partial charge in [-0.05, 0) is 23.8 Å². The van der Waals surface area contributed by atoms with Gasteiger partial charge in [-0.15, -0.1) is 0 Å². The van der Waals surface area contributed by atoms with E-state index in [0.717, 1.165) is 16.6 Å². The van der Waals surface area contributed by atoms with Crippen molar-refractivity contribution in [1.82, 2.24) is 0 Å². The Morgan fingerprint density at radius 1 is 1.05 bits per heavy atom. The largest absolute Gasteiger partial charge is 0.618 e. The van der Waals surface area contributed by atoms with Crippen LogP contribution in [0, 0.1) is 5.21 Å². The lowest BCUT2D eigenvalue weighted by atomic mass is 10.1. The number of carbonyl (C=O) groups is 1. The second-order valence-corrected chi connectivity index (χ2v) is 4.64. The number of ether oxygens (including phenoxy) is 1. The molecule has 2 aromatic carbocycles. The van der Waals surface area contributed by atoms with Gasteiger partial charge in [-0.3, -0.25) is 4.79 Å². The van der Waals surface area contributed by atoms with Crippen molar-refractivity contribution in [3.63, 3.8) is 0 Å². The van der Waals surface area contributed by atoms with Crippen LogP contribution in [0.15, 0.2) is 60.8 Å². The van der Waals surface area contributed by atoms with Gasteiger partial charge in [-0.1, -0.05) is 30.3 Å². The van der Waals surface area contributed by atoms with Crippen molar-refractivity contribution in [2.45, 2.75) is 6.61 Å². The van der Waals surface area contributed by atoms with Crippen molar-refractivity contribution >= 4 is 17.2 Å². The molecule has 3 rings (SSSR count). The molecule has 0 fully saturated rings. The van der Waals surface area contributed by atoms with Crippen LogP contribution in [-0.4, -0.2) is 6.29 Å². The summed E-state index contributed by atoms with van der Waals surface area (Å²) < 4.78 is 6.47. The van der Waals surface area contributed by atoms with E-state index < -0.39 is 0 Å². The van der Waals surface area contributed by atoms with Crippen molar-refractivity contribution in [1.29, 1.82) is 0 Å². The summed E-state index contributed by atoms with van der Waals surface area (Å²) in [5.74, 6) is 0.468. The number of hydrogen-bond donors (Lipinski definition) is 0. The van der Waals surface area contributed by atoms with Gasteiger partial charge in [0.15, 0.2) is 18.2 Å². The van der Waals surface area contributed by atoms with Crippen molar-refractivity contribution in [3.05, 3.63) is 77.1 Å². The fourth-order valence-electron chi connectivity index (χ4n) is 2.25. The zero-order chi connectivity index (χ0) is 14.7. The summed E-state index contributed by atoms with van der Waals surface area (Å²) in [4.78, 5) is 11.1. The van der Waals surface area contributed by atoms with E-state index in [1.165, 1.54) is 6.20 Å². The number of nitrogens with zero attached hydrogens (tertiary/aromatic N) is 1. The number of aldehydes is 1. The highest BCUT2D eigenvalue weighted by atomic mass is 16.5. The van der Waals surface area contributed by atoms with E-state index in [2.05, 4.69) is 0 Å². The van der Waals surface area contributed by atoms with Crippen LogP contribution in [0.3, 0.4) is 0 Å². The number of rotatable bonds is 4. The van der Waals surface area contributed by atoms with Gasteiger partial charge in [0.1, 0.15) is 6.61 Å². The highest BCUT2D eigenvalue weighted by Crippen LogP contribution is 2.25. The van der Waals surface area contributed by atoms with Crippen molar-refractivity contribution < 1.29 is 14.3 Å². The summed E-state index contributed by atoms with van der Waals surface area (Å²) in [6, 6.07) is 16.4. The minimum absolute atomic E-state index is 0.366. The second-order valence-electron chi connectivity index (χ2n) is 4.64. The molecule has 0 saturated carbocycles. The Morgan fingerprint density at radius 2 is 1.86 bits per heavy atom. The molecule has 104 valence electrons. The van der Waals surface area contributed by atoms with E-state index in [9.17, 15) is 10.0 Å². The third-order valence-corrected chi connectivity index (χ3v) is 3.28. The van der Waals surface area contributed by atoms with Crippen LogP contribution < -0.4 is 9.47 Å². The average molecular weight is 279 g/mol. The third-order valence-electron chi connectivity index (χ3n) is 3.28. The molecule has 0 N–H and O–H groups in total. The summed E-state index contributed by atoms with van der Waals surface area (Å²) in [5, 5.41) is 12.6. The van der Waals surface area contributed by atoms with E-state index in [0.29, 0.717) is 28.8 Å². The van der Waals surface area contributed by atoms with Crippen molar-refractivity contribution in [2.24, 2.45) is 0 Å². The molecule has 0 amide bonds. The third kappa shape index (κ3) is 2.56. The summed E-state index contributed by atoms with van der Waals surface area (Å²) >= 11 is 0. The van der Waals surface area contributed by atoms with Gasteiger partial charge in [0.25, 0.3) is 5.52 Å². The second kappa shape index (κ2) is 5.63. The van der Waals surface area contributed by atoms with E-state index in [4.69, 9.17) is 4.74 Å². The molecule has 0 atom stereocenters. The molecule has 0 aliphatic rings. The Balaban J connectivity index is 2.01. The Labute approximate surface area is 121 Å². The van der Waals surface area contributed by atoms with Gasteiger partial charge in [0.2, 0.25) is 0 Å². The molecule has 1 heterocycles. The first-order valence-corrected chi connectivity index (χ1v) is 6.56. The molecule has 4 heteroatoms. The molecule has 0 bridgehead atoms. The number of benzene rings is 2. The van der Waals surface area contributed by atoms with Crippen LogP contribution in [0.5, 0.6) is 5.75 Å². The Morgan fingerprint density at radius 3 is 2.62 bits per heavy atom. The SMILES string of the molecule is O=Cc1ccc(OCc2ccccc2)c2c1ccc[n+]2[O-]. The van der Waals surface area contributed by atoms with E-state index in [1.54, 1.807) is 24.3 Å². The number of aromatic nitrogens is 1. The quantitative estimate of drug-likeness (QED) is 0.419. The molecule has 0 aliphatic carbocycles. The van der Waals surface area contributed by atoms with Gasteiger partial charge in [0, 0.05) is 11.6 Å². The van der Waals surface area contributed by atoms with Gasteiger partial charge < -0.3 is 9.94 Å². The van der Waals surface area contributed by atoms with Crippen LogP contribution in [0.2, 0.25) is 0 Å². The molecule has 1 aromatic heterocycles. The Hall–Kier alpha value is -2.88. The van der Waals surface area contributed by atoms with Crippen LogP contribution in [0.25, 0.3) is 10.9 Å². The maximum Gasteiger partial charge on any atom is 0.266 e. The highest BCUT2D eigenvalue weighted by molar-refractivity contribution is 5.97. The summed E-state index contributed by atoms with van der Waals surface area (Å²) in [5.41, 5.74) is 1.86. The van der Waals surface area contributed by atoms with E-state index in [1.807, 2.05) is 30.3 Å². The zero-order valence-corrected chi connectivity index (χ0v) is 11.2. The fourth-order valence-corrected chi connectivity index (χ4v) is 2.25. The lowest BCUT2D eigenvalue weighted by molar-refractivity contribution is -0.577. The van der Waals surface area contributed by atoms with Crippen LogP contribution in [0.1, 0.15) is 15.9 Å². The maximum atomic E-state index is 12.0. The standard InChI is InChI=1S/C17H13NO3/c19-11-14-8-9-16(17-15(14)7-4-10-18(17)20)21-12-13-5-2-1-3-6-13/h1-11H,12H2. The molecular weight excluding hydrogens is 266 g/mol. The van der Waals surface area contributed by atoms with Crippen molar-refractivity contribution in [2.75, 3.05) is 0 Å². The molecule has 0 unspecified atom stereocenters. The lowest BCUT2D eigenvalue weighted by Gasteiger charge is -2.10. The lowest BCUT2D eigenvalue weighted by Crippen LogP contribution is -2.26. The minimum Gasteiger partial charge on any atom is -0.618 e. The first-order valence-electron chi connectivity index (χ1n) is 6.56. The molecule has 0 radical (unpaired) electrons. The smallest absolute Gasteiger partial charge is 0.266 e. The van der Waals surface area contributed by atoms with Gasteiger partial charge in [-0.2, -0.15) is 4.73 Å². The topological polar surface area (TPSA) is 53.2 Å². The molecule has 3 aromatic rings. The first kappa shape index (κ1) is 13.1. The maximum absolute atomic E-state index is 12.0. The van der Waals surface area contributed by atoms with Gasteiger partial charge in [0.05, 0.1) is 5.39 Å². The van der Waals surface area contributed by atoms with E-state index >= 15 is 0 Å². The fraction of sp³-hybridized carbons (Fsp3) is 0.0588. The summed E-state index contributed by atoms with van der Waals surface area (Å²) in [7, 11) is 0. The highest BCUT2D eigenvalue weighted by Gasteiger charge is 2.14. The van der Waals surface area contributed by atoms with Crippen LogP contribution >= 0.6 is 0 Å². The zero-order valence-electron chi connectivity index (χ0n) is 11.2. The number of fused-ring (bicyclic) bond motifs is 1. The molecule has 0 saturated heterocycles. The molecule has 0 aliphatic heterocycles. The number of pyridine rings is 1. The summed E-state index contributed by atoms with van der Waals surface area (Å²) in [6.45, 7) is 0.366. The predicted octanol–water partition coefficient (Wildman–Crippen LogP) is 2.86. The van der Waals surface area contributed by atoms with Gasteiger partial charge in [-0.25, -0.2) is 0 Å². The predicted molar refractivity (Wildman–Crippen MR) is 79.1 cm³/mol. The van der Waals surface area contributed by atoms with Crippen molar-refractivity contribution in [3.8, 4) is 5.75 Å². The van der Waals surface area contributed by atoms with E-state index in [-0.39, 0.29) is 0 Å². The van der Waals surface area contributed by atoms with Gasteiger partial charge >= 0.3 is 0 Å². The summed E-state index contributed by atoms with van der Waals surface area (Å²) in [6.07, 6.45) is 2.13. The number of carbonyl (C=O) groups excluding carboxylic acids is 1. The monoisotopic (exact) mass is 279 g/mol. The van der Waals surface area contributed by atoms with Crippen LogP contribution in [-0.2, 0) is 6.61 Å². The Kier molecular flexibility index (Phi) is 3.51. The average Bonchev–Trinajstić information content (AvgIpc) is 2.54. The van der Waals surface area contributed by atoms with Crippen LogP contribution in [0.4, 0.5) is 0 Å². The number of hydrogen-bond acceptors (Lipinski definition) is 3. The first-order chi connectivity index (χ1) is 10.3.